The Labute approximate surface area is 116 Å². The minimum atomic E-state index is -0.211. The van der Waals surface area contributed by atoms with Crippen molar-refractivity contribution in [3.8, 4) is 6.07 Å². The molecule has 2 heterocycles. The first kappa shape index (κ1) is 14.0. The molecule has 0 saturated heterocycles. The van der Waals surface area contributed by atoms with E-state index in [9.17, 15) is 10.1 Å². The molecule has 102 valence electrons. The fraction of sp³-hybridized carbons (Fsp3) is 0.538. The molecule has 1 aliphatic rings. The van der Waals surface area contributed by atoms with Crippen LogP contribution in [-0.2, 0) is 22.5 Å². The lowest BCUT2D eigenvalue weighted by Gasteiger charge is -2.11. The average molecular weight is 279 g/mol. The number of carbonyl (C=O) groups is 1. The van der Waals surface area contributed by atoms with Gasteiger partial charge in [0.25, 0.3) is 5.91 Å². The van der Waals surface area contributed by atoms with Crippen molar-refractivity contribution in [1.82, 2.24) is 5.32 Å². The van der Waals surface area contributed by atoms with E-state index >= 15 is 0 Å². The molecular weight excluding hydrogens is 262 g/mol. The normalized spacial score (nSPS) is 14.0. The lowest BCUT2D eigenvalue weighted by molar-refractivity contribution is -0.121. The SMILES string of the molecule is CC(C)OCC(=O)Nc1sc2c(c1C#N)CCNC2. The number of rotatable bonds is 4. The van der Waals surface area contributed by atoms with Gasteiger partial charge in [-0.25, -0.2) is 0 Å². The summed E-state index contributed by atoms with van der Waals surface area (Å²) in [6.07, 6.45) is 0.856. The second-order valence-electron chi connectivity index (χ2n) is 4.65. The third-order valence-corrected chi connectivity index (χ3v) is 3.99. The van der Waals surface area contributed by atoms with Crippen molar-refractivity contribution >= 4 is 22.2 Å². The average Bonchev–Trinajstić information content (AvgIpc) is 2.73. The molecule has 0 bridgehead atoms. The van der Waals surface area contributed by atoms with Crippen molar-refractivity contribution in [3.05, 3.63) is 16.0 Å². The molecule has 0 unspecified atom stereocenters. The van der Waals surface area contributed by atoms with Crippen molar-refractivity contribution in [2.75, 3.05) is 18.5 Å². The predicted octanol–water partition coefficient (Wildman–Crippen LogP) is 1.63. The van der Waals surface area contributed by atoms with Gasteiger partial charge in [-0.2, -0.15) is 5.26 Å². The maximum absolute atomic E-state index is 11.7. The van der Waals surface area contributed by atoms with Crippen molar-refractivity contribution in [3.63, 3.8) is 0 Å². The van der Waals surface area contributed by atoms with Gasteiger partial charge in [0.1, 0.15) is 17.7 Å². The molecule has 1 aromatic rings. The van der Waals surface area contributed by atoms with Gasteiger partial charge in [-0.1, -0.05) is 0 Å². The molecule has 0 radical (unpaired) electrons. The summed E-state index contributed by atoms with van der Waals surface area (Å²) in [7, 11) is 0. The Morgan fingerprint density at radius 3 is 3.11 bits per heavy atom. The predicted molar refractivity (Wildman–Crippen MR) is 74.2 cm³/mol. The minimum absolute atomic E-state index is 0.0157. The van der Waals surface area contributed by atoms with Crippen LogP contribution in [0.5, 0.6) is 0 Å². The Balaban J connectivity index is 2.10. The van der Waals surface area contributed by atoms with Gasteiger partial charge in [0.05, 0.1) is 11.7 Å². The van der Waals surface area contributed by atoms with Crippen LogP contribution in [0, 0.1) is 11.3 Å². The van der Waals surface area contributed by atoms with Crippen molar-refractivity contribution in [2.45, 2.75) is 32.9 Å². The molecule has 0 spiro atoms. The molecule has 19 heavy (non-hydrogen) atoms. The topological polar surface area (TPSA) is 74.1 Å². The Hall–Kier alpha value is -1.42. The summed E-state index contributed by atoms with van der Waals surface area (Å²) in [4.78, 5) is 12.9. The van der Waals surface area contributed by atoms with E-state index in [1.165, 1.54) is 11.3 Å². The molecule has 2 rings (SSSR count). The Kier molecular flexibility index (Phi) is 4.53. The van der Waals surface area contributed by atoms with Gasteiger partial charge in [0, 0.05) is 11.4 Å². The highest BCUT2D eigenvalue weighted by Gasteiger charge is 2.21. The van der Waals surface area contributed by atoms with E-state index < -0.39 is 0 Å². The zero-order valence-corrected chi connectivity index (χ0v) is 11.9. The second kappa shape index (κ2) is 6.15. The second-order valence-corrected chi connectivity index (χ2v) is 5.76. The molecule has 0 saturated carbocycles. The van der Waals surface area contributed by atoms with Gasteiger partial charge >= 0.3 is 0 Å². The van der Waals surface area contributed by atoms with E-state index in [2.05, 4.69) is 16.7 Å². The van der Waals surface area contributed by atoms with E-state index in [0.717, 1.165) is 30.0 Å². The highest BCUT2D eigenvalue weighted by Crippen LogP contribution is 2.34. The number of nitrogens with zero attached hydrogens (tertiary/aromatic N) is 1. The lowest BCUT2D eigenvalue weighted by atomic mass is 10.1. The van der Waals surface area contributed by atoms with Gasteiger partial charge in [-0.05, 0) is 32.4 Å². The lowest BCUT2D eigenvalue weighted by Crippen LogP contribution is -2.22. The quantitative estimate of drug-likeness (QED) is 0.878. The van der Waals surface area contributed by atoms with Gasteiger partial charge in [-0.3, -0.25) is 4.79 Å². The van der Waals surface area contributed by atoms with E-state index in [1.54, 1.807) is 0 Å². The first-order valence-electron chi connectivity index (χ1n) is 6.28. The van der Waals surface area contributed by atoms with Gasteiger partial charge < -0.3 is 15.4 Å². The first-order valence-corrected chi connectivity index (χ1v) is 7.10. The van der Waals surface area contributed by atoms with Crippen LogP contribution in [0.15, 0.2) is 0 Å². The fourth-order valence-corrected chi connectivity index (χ4v) is 3.13. The molecule has 1 amide bonds. The molecule has 0 atom stereocenters. The van der Waals surface area contributed by atoms with Gasteiger partial charge in [0.15, 0.2) is 0 Å². The molecule has 0 fully saturated rings. The largest absolute Gasteiger partial charge is 0.369 e. The summed E-state index contributed by atoms with van der Waals surface area (Å²) in [5.41, 5.74) is 1.69. The summed E-state index contributed by atoms with van der Waals surface area (Å²) in [5.74, 6) is -0.211. The highest BCUT2D eigenvalue weighted by molar-refractivity contribution is 7.16. The monoisotopic (exact) mass is 279 g/mol. The smallest absolute Gasteiger partial charge is 0.251 e. The maximum Gasteiger partial charge on any atom is 0.251 e. The Morgan fingerprint density at radius 2 is 2.42 bits per heavy atom. The zero-order valence-electron chi connectivity index (χ0n) is 11.1. The first-order chi connectivity index (χ1) is 9.11. The highest BCUT2D eigenvalue weighted by atomic mass is 32.1. The van der Waals surface area contributed by atoms with Crippen molar-refractivity contribution in [1.29, 1.82) is 5.26 Å². The van der Waals surface area contributed by atoms with Crippen LogP contribution in [0.3, 0.4) is 0 Å². The molecule has 1 aliphatic heterocycles. The van der Waals surface area contributed by atoms with Crippen LogP contribution in [0.25, 0.3) is 0 Å². The van der Waals surface area contributed by atoms with Crippen LogP contribution < -0.4 is 10.6 Å². The van der Waals surface area contributed by atoms with Crippen LogP contribution in [0.2, 0.25) is 0 Å². The van der Waals surface area contributed by atoms with Gasteiger partial charge in [0.2, 0.25) is 0 Å². The molecular formula is C13H17N3O2S. The maximum atomic E-state index is 11.7. The van der Waals surface area contributed by atoms with Crippen molar-refractivity contribution in [2.24, 2.45) is 0 Å². The Bertz CT molecular complexity index is 517. The number of ether oxygens (including phenoxy) is 1. The molecule has 2 N–H and O–H groups in total. The number of amides is 1. The number of hydrogen-bond donors (Lipinski definition) is 2. The van der Waals surface area contributed by atoms with E-state index in [-0.39, 0.29) is 18.6 Å². The summed E-state index contributed by atoms with van der Waals surface area (Å²) in [5, 5.41) is 15.9. The number of nitrogens with one attached hydrogen (secondary N) is 2. The molecule has 0 aliphatic carbocycles. The number of carbonyl (C=O) groups excluding carboxylic acids is 1. The third-order valence-electron chi connectivity index (χ3n) is 2.84. The van der Waals surface area contributed by atoms with E-state index in [1.807, 2.05) is 13.8 Å². The van der Waals surface area contributed by atoms with Crippen LogP contribution in [0.4, 0.5) is 5.00 Å². The summed E-state index contributed by atoms with van der Waals surface area (Å²) < 4.78 is 5.25. The summed E-state index contributed by atoms with van der Waals surface area (Å²) in [6, 6.07) is 2.20. The standard InChI is InChI=1S/C13H17N3O2S/c1-8(2)18-7-12(17)16-13-10(5-14)9-3-4-15-6-11(9)19-13/h8,15H,3-4,6-7H2,1-2H3,(H,16,17). The number of fused-ring (bicyclic) bond motifs is 1. The molecule has 6 heteroatoms. The zero-order chi connectivity index (χ0) is 13.8. The number of thiophene rings is 1. The van der Waals surface area contributed by atoms with Crippen LogP contribution in [0.1, 0.15) is 29.9 Å². The van der Waals surface area contributed by atoms with Gasteiger partial charge in [-0.15, -0.1) is 11.3 Å². The fourth-order valence-electron chi connectivity index (χ4n) is 1.95. The summed E-state index contributed by atoms with van der Waals surface area (Å²) >= 11 is 1.48. The molecule has 0 aromatic carbocycles. The molecule has 1 aromatic heterocycles. The van der Waals surface area contributed by atoms with Crippen molar-refractivity contribution < 1.29 is 9.53 Å². The van der Waals surface area contributed by atoms with E-state index in [4.69, 9.17) is 4.74 Å². The number of anilines is 1. The van der Waals surface area contributed by atoms with Crippen LogP contribution >= 0.6 is 11.3 Å². The number of nitriles is 1. The Morgan fingerprint density at radius 1 is 1.63 bits per heavy atom. The molecule has 5 nitrogen and oxygen atoms in total. The minimum Gasteiger partial charge on any atom is -0.369 e. The number of hydrogen-bond acceptors (Lipinski definition) is 5. The third kappa shape index (κ3) is 3.32. The van der Waals surface area contributed by atoms with E-state index in [0.29, 0.717) is 10.6 Å². The van der Waals surface area contributed by atoms with Crippen LogP contribution in [-0.4, -0.2) is 25.2 Å². The summed E-state index contributed by atoms with van der Waals surface area (Å²) in [6.45, 7) is 5.42.